The van der Waals surface area contributed by atoms with Crippen molar-refractivity contribution in [3.63, 3.8) is 0 Å². The normalized spacial score (nSPS) is 16.0. The summed E-state index contributed by atoms with van der Waals surface area (Å²) >= 11 is 0. The number of amides is 1. The predicted molar refractivity (Wildman–Crippen MR) is 100.0 cm³/mol. The van der Waals surface area contributed by atoms with E-state index in [2.05, 4.69) is 20.6 Å². The van der Waals surface area contributed by atoms with Crippen molar-refractivity contribution in [3.8, 4) is 0 Å². The van der Waals surface area contributed by atoms with E-state index in [9.17, 15) is 9.59 Å². The second-order valence-electron chi connectivity index (χ2n) is 6.19. The monoisotopic (exact) mass is 370 g/mol. The van der Waals surface area contributed by atoms with Gasteiger partial charge in [0.15, 0.2) is 0 Å². The standard InChI is InChI=1S/C19H22N4O4/c1-12-21-16(10-17(22-12)20-11-13-6-5-9-27-13)18(24)23-15-8-4-3-7-14(15)19(25)26-2/h3-4,7-8,10,13H,5-6,9,11H2,1-2H3,(H,23,24)(H,20,21,22). The first-order valence-corrected chi connectivity index (χ1v) is 8.76. The fourth-order valence-electron chi connectivity index (χ4n) is 2.86. The minimum absolute atomic E-state index is 0.157. The van der Waals surface area contributed by atoms with E-state index in [1.54, 1.807) is 37.3 Å². The van der Waals surface area contributed by atoms with Crippen LogP contribution in [0.1, 0.15) is 39.5 Å². The number of hydrogen-bond acceptors (Lipinski definition) is 7. The molecule has 1 aromatic carbocycles. The Morgan fingerprint density at radius 3 is 2.85 bits per heavy atom. The number of hydrogen-bond donors (Lipinski definition) is 2. The van der Waals surface area contributed by atoms with Gasteiger partial charge in [0.1, 0.15) is 17.3 Å². The van der Waals surface area contributed by atoms with Gasteiger partial charge in [0, 0.05) is 19.2 Å². The van der Waals surface area contributed by atoms with Gasteiger partial charge >= 0.3 is 5.97 Å². The van der Waals surface area contributed by atoms with Crippen LogP contribution in [0.15, 0.2) is 30.3 Å². The van der Waals surface area contributed by atoms with E-state index in [1.807, 2.05) is 0 Å². The Hall–Kier alpha value is -3.00. The molecule has 0 radical (unpaired) electrons. The number of benzene rings is 1. The number of ether oxygens (including phenoxy) is 2. The van der Waals surface area contributed by atoms with E-state index in [1.165, 1.54) is 7.11 Å². The van der Waals surface area contributed by atoms with Crippen molar-refractivity contribution in [3.05, 3.63) is 47.4 Å². The summed E-state index contributed by atoms with van der Waals surface area (Å²) < 4.78 is 10.3. The fraction of sp³-hybridized carbons (Fsp3) is 0.368. The zero-order valence-corrected chi connectivity index (χ0v) is 15.3. The second-order valence-corrected chi connectivity index (χ2v) is 6.19. The number of aryl methyl sites for hydroxylation is 1. The first-order valence-electron chi connectivity index (χ1n) is 8.76. The molecule has 0 aliphatic carbocycles. The predicted octanol–water partition coefficient (Wildman–Crippen LogP) is 2.41. The molecule has 142 valence electrons. The summed E-state index contributed by atoms with van der Waals surface area (Å²) in [6, 6.07) is 8.22. The van der Waals surface area contributed by atoms with E-state index >= 15 is 0 Å². The highest BCUT2D eigenvalue weighted by atomic mass is 16.5. The van der Waals surface area contributed by atoms with Gasteiger partial charge in [-0.3, -0.25) is 4.79 Å². The molecule has 1 amide bonds. The van der Waals surface area contributed by atoms with Crippen molar-refractivity contribution >= 4 is 23.4 Å². The summed E-state index contributed by atoms with van der Waals surface area (Å²) in [5, 5.41) is 5.91. The molecular formula is C19H22N4O4. The van der Waals surface area contributed by atoms with Crippen LogP contribution in [-0.4, -0.2) is 48.2 Å². The zero-order valence-electron chi connectivity index (χ0n) is 15.3. The third-order valence-corrected chi connectivity index (χ3v) is 4.19. The topological polar surface area (TPSA) is 102 Å². The van der Waals surface area contributed by atoms with Crippen LogP contribution >= 0.6 is 0 Å². The molecule has 1 unspecified atom stereocenters. The third kappa shape index (κ3) is 4.79. The second kappa shape index (κ2) is 8.59. The van der Waals surface area contributed by atoms with E-state index in [4.69, 9.17) is 9.47 Å². The molecule has 1 atom stereocenters. The Kier molecular flexibility index (Phi) is 5.97. The highest BCUT2D eigenvalue weighted by Crippen LogP contribution is 2.18. The van der Waals surface area contributed by atoms with Gasteiger partial charge in [-0.25, -0.2) is 14.8 Å². The van der Waals surface area contributed by atoms with Gasteiger partial charge in [0.2, 0.25) is 0 Å². The Bertz CT molecular complexity index is 834. The molecule has 2 heterocycles. The molecule has 1 fully saturated rings. The highest BCUT2D eigenvalue weighted by molar-refractivity contribution is 6.07. The first kappa shape index (κ1) is 18.8. The molecule has 27 heavy (non-hydrogen) atoms. The Balaban J connectivity index is 1.74. The van der Waals surface area contributed by atoms with E-state index in [0.29, 0.717) is 23.9 Å². The molecule has 1 aromatic heterocycles. The molecule has 2 aromatic rings. The number of carbonyl (C=O) groups is 2. The first-order chi connectivity index (χ1) is 13.1. The summed E-state index contributed by atoms with van der Waals surface area (Å²) in [7, 11) is 1.29. The van der Waals surface area contributed by atoms with Gasteiger partial charge in [-0.15, -0.1) is 0 Å². The molecule has 1 saturated heterocycles. The Labute approximate surface area is 157 Å². The summed E-state index contributed by atoms with van der Waals surface area (Å²) in [5.41, 5.74) is 0.840. The molecule has 2 N–H and O–H groups in total. The molecule has 3 rings (SSSR count). The van der Waals surface area contributed by atoms with E-state index in [0.717, 1.165) is 19.4 Å². The lowest BCUT2D eigenvalue weighted by Gasteiger charge is -2.13. The maximum Gasteiger partial charge on any atom is 0.339 e. The molecule has 0 spiro atoms. The molecule has 1 aliphatic heterocycles. The van der Waals surface area contributed by atoms with Gasteiger partial charge in [-0.2, -0.15) is 0 Å². The van der Waals surface area contributed by atoms with E-state index < -0.39 is 11.9 Å². The number of rotatable bonds is 6. The van der Waals surface area contributed by atoms with Crippen molar-refractivity contribution in [2.24, 2.45) is 0 Å². The van der Waals surface area contributed by atoms with Crippen molar-refractivity contribution in [2.45, 2.75) is 25.9 Å². The number of carbonyl (C=O) groups excluding carboxylic acids is 2. The van der Waals surface area contributed by atoms with Crippen molar-refractivity contribution in [1.29, 1.82) is 0 Å². The van der Waals surface area contributed by atoms with Gasteiger partial charge in [0.05, 0.1) is 24.5 Å². The van der Waals surface area contributed by atoms with E-state index in [-0.39, 0.29) is 17.4 Å². The molecule has 8 nitrogen and oxygen atoms in total. The number of nitrogens with one attached hydrogen (secondary N) is 2. The lowest BCUT2D eigenvalue weighted by Crippen LogP contribution is -2.21. The van der Waals surface area contributed by atoms with Gasteiger partial charge in [-0.05, 0) is 31.9 Å². The van der Waals surface area contributed by atoms with Crippen LogP contribution in [0.2, 0.25) is 0 Å². The average Bonchev–Trinajstić information content (AvgIpc) is 3.19. The smallest absolute Gasteiger partial charge is 0.339 e. The number of nitrogens with zero attached hydrogens (tertiary/aromatic N) is 2. The van der Waals surface area contributed by atoms with Crippen LogP contribution < -0.4 is 10.6 Å². The van der Waals surface area contributed by atoms with Gasteiger partial charge in [0.25, 0.3) is 5.91 Å². The minimum atomic E-state index is -0.524. The maximum absolute atomic E-state index is 12.6. The van der Waals surface area contributed by atoms with Crippen molar-refractivity contribution in [1.82, 2.24) is 9.97 Å². The van der Waals surface area contributed by atoms with Crippen LogP contribution in [-0.2, 0) is 9.47 Å². The van der Waals surface area contributed by atoms with Crippen molar-refractivity contribution in [2.75, 3.05) is 30.9 Å². The molecule has 0 bridgehead atoms. The lowest BCUT2D eigenvalue weighted by atomic mass is 10.1. The van der Waals surface area contributed by atoms with Gasteiger partial charge < -0.3 is 20.1 Å². The maximum atomic E-state index is 12.6. The lowest BCUT2D eigenvalue weighted by molar-refractivity contribution is 0.0602. The zero-order chi connectivity index (χ0) is 19.2. The number of anilines is 2. The van der Waals surface area contributed by atoms with Crippen LogP contribution in [0, 0.1) is 6.92 Å². The summed E-state index contributed by atoms with van der Waals surface area (Å²) in [6.45, 7) is 3.13. The summed E-state index contributed by atoms with van der Waals surface area (Å²) in [5.74, 6) is 0.0730. The number of methoxy groups -OCH3 is 1. The van der Waals surface area contributed by atoms with Crippen LogP contribution in [0.3, 0.4) is 0 Å². The molecule has 0 saturated carbocycles. The summed E-state index contributed by atoms with van der Waals surface area (Å²) in [6.07, 6.45) is 2.22. The molecule has 8 heteroatoms. The Morgan fingerprint density at radius 1 is 1.30 bits per heavy atom. The average molecular weight is 370 g/mol. The molecular weight excluding hydrogens is 348 g/mol. The van der Waals surface area contributed by atoms with Crippen molar-refractivity contribution < 1.29 is 19.1 Å². The fourth-order valence-corrected chi connectivity index (χ4v) is 2.86. The highest BCUT2D eigenvalue weighted by Gasteiger charge is 2.18. The number of esters is 1. The van der Waals surface area contributed by atoms with Gasteiger partial charge in [-0.1, -0.05) is 12.1 Å². The minimum Gasteiger partial charge on any atom is -0.465 e. The third-order valence-electron chi connectivity index (χ3n) is 4.19. The summed E-state index contributed by atoms with van der Waals surface area (Å²) in [4.78, 5) is 33.0. The van der Waals surface area contributed by atoms with Crippen LogP contribution in [0.5, 0.6) is 0 Å². The quantitative estimate of drug-likeness (QED) is 0.753. The largest absolute Gasteiger partial charge is 0.465 e. The van der Waals surface area contributed by atoms with Crippen LogP contribution in [0.25, 0.3) is 0 Å². The Morgan fingerprint density at radius 2 is 2.11 bits per heavy atom. The van der Waals surface area contributed by atoms with Crippen LogP contribution in [0.4, 0.5) is 11.5 Å². The SMILES string of the molecule is COC(=O)c1ccccc1NC(=O)c1cc(NCC2CCCO2)nc(C)n1. The number of para-hydroxylation sites is 1. The molecule has 1 aliphatic rings. The number of aromatic nitrogens is 2.